The minimum absolute atomic E-state index is 0.306. The maximum absolute atomic E-state index is 14.7. The van der Waals surface area contributed by atoms with Crippen molar-refractivity contribution in [3.63, 3.8) is 0 Å². The number of hydrogen-bond donors (Lipinski definition) is 1. The molecular formula is C23H21FN4O. The van der Waals surface area contributed by atoms with Crippen LogP contribution in [0.4, 0.5) is 10.1 Å². The normalized spacial score (nSPS) is 15.8. The van der Waals surface area contributed by atoms with Gasteiger partial charge in [-0.1, -0.05) is 12.1 Å². The standard InChI is InChI=1S/C23H21FN4O/c1-27-22-17(24)8-14(12-29)9-18(22)26-23(27)19-10-16-5-4-15-6-7-25-20(15)21(16)28(19)11-13-2-3-13/h4-5,8-10,12-13,25H,2-3,6-7,11H2,1H3. The molecule has 4 aromatic rings. The molecule has 2 aliphatic rings. The highest BCUT2D eigenvalue weighted by Crippen LogP contribution is 2.40. The van der Waals surface area contributed by atoms with Crippen LogP contribution in [0.2, 0.25) is 0 Å². The zero-order valence-electron chi connectivity index (χ0n) is 16.2. The molecule has 0 bridgehead atoms. The van der Waals surface area contributed by atoms with E-state index in [1.165, 1.54) is 41.1 Å². The summed E-state index contributed by atoms with van der Waals surface area (Å²) in [6.45, 7) is 1.91. The first-order valence-electron chi connectivity index (χ1n) is 10.1. The van der Waals surface area contributed by atoms with Gasteiger partial charge in [0.2, 0.25) is 0 Å². The van der Waals surface area contributed by atoms with Crippen molar-refractivity contribution >= 4 is 33.9 Å². The molecule has 1 aliphatic heterocycles. The van der Waals surface area contributed by atoms with Gasteiger partial charge in [-0.05, 0) is 48.9 Å². The fraction of sp³-hybridized carbons (Fsp3) is 0.304. The average molecular weight is 388 g/mol. The van der Waals surface area contributed by atoms with Gasteiger partial charge in [0.05, 0.1) is 22.4 Å². The molecule has 0 unspecified atom stereocenters. The van der Waals surface area contributed by atoms with Gasteiger partial charge in [-0.2, -0.15) is 0 Å². The molecule has 146 valence electrons. The van der Waals surface area contributed by atoms with Crippen LogP contribution in [0, 0.1) is 11.7 Å². The molecule has 0 spiro atoms. The first-order valence-corrected chi connectivity index (χ1v) is 10.1. The van der Waals surface area contributed by atoms with Crippen molar-refractivity contribution in [1.29, 1.82) is 0 Å². The topological polar surface area (TPSA) is 51.9 Å². The van der Waals surface area contributed by atoms with Crippen LogP contribution in [0.25, 0.3) is 33.5 Å². The molecule has 1 saturated carbocycles. The molecule has 1 N–H and O–H groups in total. The van der Waals surface area contributed by atoms with E-state index in [0.717, 1.165) is 31.0 Å². The highest BCUT2D eigenvalue weighted by molar-refractivity contribution is 5.98. The van der Waals surface area contributed by atoms with Crippen LogP contribution in [0.1, 0.15) is 28.8 Å². The Morgan fingerprint density at radius 3 is 2.90 bits per heavy atom. The van der Waals surface area contributed by atoms with Crippen molar-refractivity contribution in [2.75, 3.05) is 11.9 Å². The molecule has 1 fully saturated rings. The number of nitrogens with one attached hydrogen (secondary N) is 1. The van der Waals surface area contributed by atoms with Crippen LogP contribution in [0.15, 0.2) is 30.3 Å². The number of aldehydes is 1. The molecular weight excluding hydrogens is 367 g/mol. The number of carbonyl (C=O) groups excluding carboxylic acids is 1. The van der Waals surface area contributed by atoms with Gasteiger partial charge in [-0.25, -0.2) is 9.37 Å². The number of carbonyl (C=O) groups is 1. The lowest BCUT2D eigenvalue weighted by Gasteiger charge is -2.13. The summed E-state index contributed by atoms with van der Waals surface area (Å²) >= 11 is 0. The number of nitrogens with zero attached hydrogens (tertiary/aromatic N) is 3. The van der Waals surface area contributed by atoms with Gasteiger partial charge in [0, 0.05) is 31.1 Å². The highest BCUT2D eigenvalue weighted by Gasteiger charge is 2.28. The lowest BCUT2D eigenvalue weighted by Crippen LogP contribution is -2.06. The van der Waals surface area contributed by atoms with E-state index in [9.17, 15) is 9.18 Å². The lowest BCUT2D eigenvalue weighted by molar-refractivity contribution is 0.112. The second-order valence-electron chi connectivity index (χ2n) is 8.28. The Kier molecular flexibility index (Phi) is 3.43. The first kappa shape index (κ1) is 16.8. The molecule has 0 radical (unpaired) electrons. The van der Waals surface area contributed by atoms with Crippen molar-refractivity contribution in [3.8, 4) is 11.5 Å². The summed E-state index contributed by atoms with van der Waals surface area (Å²) in [4.78, 5) is 15.9. The average Bonchev–Trinajstić information content (AvgIpc) is 3.12. The summed E-state index contributed by atoms with van der Waals surface area (Å²) in [5.74, 6) is 0.999. The number of aryl methyl sites for hydroxylation is 1. The number of anilines is 1. The summed E-state index contributed by atoms with van der Waals surface area (Å²) in [6.07, 6.45) is 4.21. The maximum atomic E-state index is 14.7. The molecule has 0 amide bonds. The number of imidazole rings is 1. The molecule has 29 heavy (non-hydrogen) atoms. The molecule has 1 aliphatic carbocycles. The SMILES string of the molecule is Cn1c(-c2cc3ccc4c(c3n2CC2CC2)NCC4)nc2cc(C=O)cc(F)c21. The van der Waals surface area contributed by atoms with E-state index in [1.807, 2.05) is 11.6 Å². The van der Waals surface area contributed by atoms with Gasteiger partial charge < -0.3 is 14.5 Å². The Balaban J connectivity index is 1.64. The van der Waals surface area contributed by atoms with Crippen molar-refractivity contribution in [2.24, 2.45) is 13.0 Å². The van der Waals surface area contributed by atoms with Gasteiger partial charge in [0.15, 0.2) is 5.82 Å². The van der Waals surface area contributed by atoms with E-state index in [0.29, 0.717) is 28.8 Å². The molecule has 5 nitrogen and oxygen atoms in total. The number of aromatic nitrogens is 3. The molecule has 6 rings (SSSR count). The molecule has 2 aromatic carbocycles. The lowest BCUT2D eigenvalue weighted by atomic mass is 10.1. The minimum Gasteiger partial charge on any atom is -0.383 e. The predicted molar refractivity (Wildman–Crippen MR) is 112 cm³/mol. The zero-order valence-corrected chi connectivity index (χ0v) is 16.2. The highest BCUT2D eigenvalue weighted by atomic mass is 19.1. The molecule has 0 saturated heterocycles. The van der Waals surface area contributed by atoms with Crippen LogP contribution < -0.4 is 5.32 Å². The number of benzene rings is 2. The van der Waals surface area contributed by atoms with Gasteiger partial charge >= 0.3 is 0 Å². The maximum Gasteiger partial charge on any atom is 0.157 e. The van der Waals surface area contributed by atoms with E-state index in [1.54, 1.807) is 6.07 Å². The number of rotatable bonds is 4. The van der Waals surface area contributed by atoms with Crippen LogP contribution in [0.5, 0.6) is 0 Å². The second kappa shape index (κ2) is 5.92. The van der Waals surface area contributed by atoms with Gasteiger partial charge in [0.1, 0.15) is 17.6 Å². The monoisotopic (exact) mass is 388 g/mol. The third kappa shape index (κ3) is 2.44. The molecule has 2 aromatic heterocycles. The fourth-order valence-electron chi connectivity index (χ4n) is 4.68. The van der Waals surface area contributed by atoms with Crippen LogP contribution in [-0.2, 0) is 20.0 Å². The summed E-state index contributed by atoms with van der Waals surface area (Å²) in [5, 5.41) is 4.74. The van der Waals surface area contributed by atoms with E-state index < -0.39 is 5.82 Å². The van der Waals surface area contributed by atoms with Crippen molar-refractivity contribution in [1.82, 2.24) is 14.1 Å². The van der Waals surface area contributed by atoms with Crippen molar-refractivity contribution in [3.05, 3.63) is 47.3 Å². The first-order chi connectivity index (χ1) is 14.1. The van der Waals surface area contributed by atoms with Crippen LogP contribution >= 0.6 is 0 Å². The second-order valence-corrected chi connectivity index (χ2v) is 8.28. The zero-order chi connectivity index (χ0) is 19.7. The number of hydrogen-bond acceptors (Lipinski definition) is 3. The van der Waals surface area contributed by atoms with Gasteiger partial charge in [-0.15, -0.1) is 0 Å². The van der Waals surface area contributed by atoms with Crippen molar-refractivity contribution < 1.29 is 9.18 Å². The summed E-state index contributed by atoms with van der Waals surface area (Å²) in [7, 11) is 1.84. The Morgan fingerprint density at radius 2 is 2.10 bits per heavy atom. The van der Waals surface area contributed by atoms with E-state index in [2.05, 4.69) is 28.1 Å². The third-order valence-corrected chi connectivity index (χ3v) is 6.29. The molecule has 0 atom stereocenters. The quantitative estimate of drug-likeness (QED) is 0.523. The molecule has 3 heterocycles. The Labute approximate surface area is 167 Å². The Morgan fingerprint density at radius 1 is 1.24 bits per heavy atom. The van der Waals surface area contributed by atoms with Crippen LogP contribution in [-0.4, -0.2) is 26.9 Å². The summed E-state index contributed by atoms with van der Waals surface area (Å²) < 4.78 is 18.9. The smallest absolute Gasteiger partial charge is 0.157 e. The number of fused-ring (bicyclic) bond motifs is 4. The van der Waals surface area contributed by atoms with Gasteiger partial charge in [0.25, 0.3) is 0 Å². The van der Waals surface area contributed by atoms with E-state index >= 15 is 0 Å². The van der Waals surface area contributed by atoms with E-state index in [4.69, 9.17) is 4.98 Å². The van der Waals surface area contributed by atoms with Crippen LogP contribution in [0.3, 0.4) is 0 Å². The summed E-state index contributed by atoms with van der Waals surface area (Å²) in [5.41, 5.74) is 6.05. The van der Waals surface area contributed by atoms with E-state index in [-0.39, 0.29) is 0 Å². The number of halogens is 1. The molecule has 6 heteroatoms. The van der Waals surface area contributed by atoms with Gasteiger partial charge in [-0.3, -0.25) is 4.79 Å². The van der Waals surface area contributed by atoms with Crippen molar-refractivity contribution in [2.45, 2.75) is 25.8 Å². The predicted octanol–water partition coefficient (Wildman–Crippen LogP) is 4.52. The third-order valence-electron chi connectivity index (χ3n) is 6.29. The summed E-state index contributed by atoms with van der Waals surface area (Å²) in [6, 6.07) is 9.48. The minimum atomic E-state index is -0.418. The fourth-order valence-corrected chi connectivity index (χ4v) is 4.68. The largest absolute Gasteiger partial charge is 0.383 e. The Hall–Kier alpha value is -3.15. The Bertz CT molecular complexity index is 1310.